The van der Waals surface area contributed by atoms with Crippen LogP contribution in [0.25, 0.3) is 11.3 Å². The Morgan fingerprint density at radius 3 is 2.65 bits per heavy atom. The summed E-state index contributed by atoms with van der Waals surface area (Å²) in [4.78, 5) is 5.57. The van der Waals surface area contributed by atoms with Crippen LogP contribution >= 0.6 is 27.3 Å². The normalized spacial score (nSPS) is 15.4. The number of methoxy groups -OCH3 is 1. The van der Waals surface area contributed by atoms with Gasteiger partial charge in [-0.25, -0.2) is 4.68 Å². The van der Waals surface area contributed by atoms with Gasteiger partial charge in [-0.1, -0.05) is 28.1 Å². The number of rotatable bonds is 5. The van der Waals surface area contributed by atoms with Crippen molar-refractivity contribution in [1.82, 2.24) is 4.68 Å². The number of hydrogen-bond acceptors (Lipinski definition) is 4. The van der Waals surface area contributed by atoms with Crippen molar-refractivity contribution in [3.63, 3.8) is 0 Å². The molecule has 1 aliphatic carbocycles. The molecule has 0 radical (unpaired) electrons. The lowest BCUT2D eigenvalue weighted by Crippen LogP contribution is -2.15. The smallest absolute Gasteiger partial charge is 0.206 e. The van der Waals surface area contributed by atoms with E-state index in [0.29, 0.717) is 13.2 Å². The lowest BCUT2D eigenvalue weighted by molar-refractivity contribution is 0.207. The van der Waals surface area contributed by atoms with Crippen LogP contribution in [0.1, 0.15) is 25.7 Å². The van der Waals surface area contributed by atoms with E-state index < -0.39 is 0 Å². The molecule has 4 nitrogen and oxygen atoms in total. The Morgan fingerprint density at radius 2 is 1.96 bits per heavy atom. The van der Waals surface area contributed by atoms with Crippen LogP contribution in [0.3, 0.4) is 0 Å². The maximum Gasteiger partial charge on any atom is 0.206 e. The molecule has 0 amide bonds. The van der Waals surface area contributed by atoms with Crippen LogP contribution < -0.4 is 4.80 Å². The van der Waals surface area contributed by atoms with E-state index in [2.05, 4.69) is 50.6 Å². The lowest BCUT2D eigenvalue weighted by Gasteiger charge is -2.05. The van der Waals surface area contributed by atoms with E-state index in [1.54, 1.807) is 18.4 Å². The summed E-state index contributed by atoms with van der Waals surface area (Å²) < 4.78 is 8.19. The molecule has 0 unspecified atom stereocenters. The van der Waals surface area contributed by atoms with Crippen LogP contribution in [-0.4, -0.2) is 30.6 Å². The first-order chi connectivity index (χ1) is 11.3. The van der Waals surface area contributed by atoms with Gasteiger partial charge in [-0.15, -0.1) is 11.3 Å². The van der Waals surface area contributed by atoms with E-state index in [1.807, 2.05) is 4.68 Å². The summed E-state index contributed by atoms with van der Waals surface area (Å²) in [5, 5.41) is 7.03. The lowest BCUT2D eigenvalue weighted by atomic mass is 10.2. The van der Waals surface area contributed by atoms with Crippen molar-refractivity contribution in [1.29, 1.82) is 0 Å². The van der Waals surface area contributed by atoms with Crippen molar-refractivity contribution >= 4 is 33.0 Å². The topological polar surface area (TPSA) is 38.9 Å². The first-order valence-corrected chi connectivity index (χ1v) is 9.48. The second-order valence-electron chi connectivity index (χ2n) is 5.47. The Balaban J connectivity index is 2.03. The molecule has 0 bridgehead atoms. The summed E-state index contributed by atoms with van der Waals surface area (Å²) in [6, 6.07) is 8.33. The first-order valence-electron chi connectivity index (χ1n) is 7.80. The van der Waals surface area contributed by atoms with E-state index in [-0.39, 0.29) is 0 Å². The molecule has 3 rings (SSSR count). The minimum Gasteiger partial charge on any atom is -0.383 e. The Morgan fingerprint density at radius 1 is 1.22 bits per heavy atom. The number of aromatic nitrogens is 1. The van der Waals surface area contributed by atoms with Crippen molar-refractivity contribution in [3.05, 3.63) is 38.9 Å². The minimum atomic E-state index is 0.627. The standard InChI is InChI=1S/C17H20BrN3OS/c1-22-11-10-19-17-21(20-15-4-2-3-5-15)16(12-23-17)13-6-8-14(18)9-7-13/h6-9,12H,2-5,10-11H2,1H3. The molecule has 2 aromatic rings. The van der Waals surface area contributed by atoms with Crippen LogP contribution in [0.5, 0.6) is 0 Å². The third kappa shape index (κ3) is 4.19. The average molecular weight is 394 g/mol. The van der Waals surface area contributed by atoms with E-state index in [4.69, 9.17) is 9.84 Å². The third-order valence-corrected chi connectivity index (χ3v) is 5.17. The quantitative estimate of drug-likeness (QED) is 0.697. The Labute approximate surface area is 148 Å². The van der Waals surface area contributed by atoms with Gasteiger partial charge in [0.25, 0.3) is 0 Å². The van der Waals surface area contributed by atoms with E-state index in [0.717, 1.165) is 33.4 Å². The number of ether oxygens (including phenoxy) is 1. The average Bonchev–Trinajstić information content (AvgIpc) is 3.20. The van der Waals surface area contributed by atoms with Crippen molar-refractivity contribution in [2.75, 3.05) is 20.3 Å². The van der Waals surface area contributed by atoms with Crippen LogP contribution in [-0.2, 0) is 4.74 Å². The molecule has 1 fully saturated rings. The summed E-state index contributed by atoms with van der Waals surface area (Å²) in [6.07, 6.45) is 4.68. The molecule has 0 saturated heterocycles. The predicted molar refractivity (Wildman–Crippen MR) is 99.1 cm³/mol. The third-order valence-electron chi connectivity index (χ3n) is 3.79. The predicted octanol–water partition coefficient (Wildman–Crippen LogP) is 4.30. The largest absolute Gasteiger partial charge is 0.383 e. The van der Waals surface area contributed by atoms with Gasteiger partial charge >= 0.3 is 0 Å². The molecule has 1 aromatic carbocycles. The highest BCUT2D eigenvalue weighted by Gasteiger charge is 2.12. The summed E-state index contributed by atoms with van der Waals surface area (Å²) in [7, 11) is 1.70. The van der Waals surface area contributed by atoms with Gasteiger partial charge in [-0.2, -0.15) is 5.10 Å². The zero-order valence-electron chi connectivity index (χ0n) is 13.2. The number of nitrogens with zero attached hydrogens (tertiary/aromatic N) is 3. The summed E-state index contributed by atoms with van der Waals surface area (Å²) in [6.45, 7) is 1.28. The van der Waals surface area contributed by atoms with Crippen LogP contribution in [0, 0.1) is 0 Å². The second kappa shape index (κ2) is 8.04. The Kier molecular flexibility index (Phi) is 5.80. The highest BCUT2D eigenvalue weighted by Crippen LogP contribution is 2.23. The first kappa shape index (κ1) is 16.6. The SMILES string of the molecule is COCCN=c1scc(-c2ccc(Br)cc2)n1N=C1CCCC1. The highest BCUT2D eigenvalue weighted by atomic mass is 79.9. The van der Waals surface area contributed by atoms with E-state index in [9.17, 15) is 0 Å². The fourth-order valence-corrected chi connectivity index (χ4v) is 3.70. The molecule has 1 heterocycles. The van der Waals surface area contributed by atoms with Gasteiger partial charge in [0.2, 0.25) is 4.80 Å². The summed E-state index contributed by atoms with van der Waals surface area (Å²) in [5.74, 6) is 0. The van der Waals surface area contributed by atoms with Crippen molar-refractivity contribution in [2.45, 2.75) is 25.7 Å². The van der Waals surface area contributed by atoms with E-state index >= 15 is 0 Å². The zero-order chi connectivity index (χ0) is 16.1. The molecule has 1 aromatic heterocycles. The Hall–Kier alpha value is -1.24. The van der Waals surface area contributed by atoms with Crippen molar-refractivity contribution in [3.8, 4) is 11.3 Å². The van der Waals surface area contributed by atoms with Crippen LogP contribution in [0.15, 0.2) is 44.2 Å². The van der Waals surface area contributed by atoms with Crippen LogP contribution in [0.4, 0.5) is 0 Å². The molecular formula is C17H20BrN3OS. The molecule has 0 aliphatic heterocycles. The van der Waals surface area contributed by atoms with Gasteiger partial charge in [0, 0.05) is 28.2 Å². The monoisotopic (exact) mass is 393 g/mol. The van der Waals surface area contributed by atoms with Gasteiger partial charge in [-0.3, -0.25) is 4.99 Å². The number of halogens is 1. The van der Waals surface area contributed by atoms with Crippen molar-refractivity contribution < 1.29 is 4.74 Å². The molecule has 23 heavy (non-hydrogen) atoms. The number of thiazole rings is 1. The maximum atomic E-state index is 5.10. The van der Waals surface area contributed by atoms with Crippen molar-refractivity contribution in [2.24, 2.45) is 10.1 Å². The number of hydrogen-bond donors (Lipinski definition) is 0. The molecular weight excluding hydrogens is 374 g/mol. The maximum absolute atomic E-state index is 5.10. The van der Waals surface area contributed by atoms with Crippen LogP contribution in [0.2, 0.25) is 0 Å². The minimum absolute atomic E-state index is 0.627. The molecule has 1 aliphatic rings. The fraction of sp³-hybridized carbons (Fsp3) is 0.412. The van der Waals surface area contributed by atoms with Gasteiger partial charge in [-0.05, 0) is 37.8 Å². The molecule has 6 heteroatoms. The molecule has 0 N–H and O–H groups in total. The zero-order valence-corrected chi connectivity index (χ0v) is 15.6. The summed E-state index contributed by atoms with van der Waals surface area (Å²) >= 11 is 5.12. The molecule has 0 atom stereocenters. The van der Waals surface area contributed by atoms with E-state index in [1.165, 1.54) is 18.6 Å². The molecule has 0 spiro atoms. The van der Waals surface area contributed by atoms with Gasteiger partial charge in [0.1, 0.15) is 0 Å². The molecule has 122 valence electrons. The fourth-order valence-electron chi connectivity index (χ4n) is 2.58. The van der Waals surface area contributed by atoms with Gasteiger partial charge < -0.3 is 4.74 Å². The van der Waals surface area contributed by atoms with Gasteiger partial charge in [0.15, 0.2) is 0 Å². The second-order valence-corrected chi connectivity index (χ2v) is 7.22. The van der Waals surface area contributed by atoms with Gasteiger partial charge in [0.05, 0.1) is 18.8 Å². The highest BCUT2D eigenvalue weighted by molar-refractivity contribution is 9.10. The molecule has 1 saturated carbocycles. The number of benzene rings is 1. The summed E-state index contributed by atoms with van der Waals surface area (Å²) in [5.41, 5.74) is 3.52. The Bertz CT molecular complexity index is 738.